The van der Waals surface area contributed by atoms with Gasteiger partial charge in [0.1, 0.15) is 5.75 Å². The van der Waals surface area contributed by atoms with Gasteiger partial charge in [0, 0.05) is 31.0 Å². The van der Waals surface area contributed by atoms with E-state index in [2.05, 4.69) is 11.9 Å². The van der Waals surface area contributed by atoms with Crippen LogP contribution in [0.5, 0.6) is 5.75 Å². The molecule has 2 heterocycles. The summed E-state index contributed by atoms with van der Waals surface area (Å²) in [7, 11) is 1.33. The van der Waals surface area contributed by atoms with Gasteiger partial charge in [0.15, 0.2) is 0 Å². The number of amides is 2. The van der Waals surface area contributed by atoms with Crippen LogP contribution in [0.2, 0.25) is 0 Å². The quantitative estimate of drug-likeness (QED) is 0.644. The standard InChI is InChI=1S/C20H24N2O5/c1-3-18(23)22-9-6-13(7-10-22)19(24)21-16-8-11-27-17-5-4-14(12-15(16)17)20(25)26-2/h3-5,12-13,16H,1,6-11H2,2H3,(H,21,24). The summed E-state index contributed by atoms with van der Waals surface area (Å²) < 4.78 is 10.4. The number of rotatable bonds is 4. The summed E-state index contributed by atoms with van der Waals surface area (Å²) in [6.45, 7) is 5.11. The lowest BCUT2D eigenvalue weighted by molar-refractivity contribution is -0.132. The molecule has 7 nitrogen and oxygen atoms in total. The van der Waals surface area contributed by atoms with Crippen molar-refractivity contribution in [2.75, 3.05) is 26.8 Å². The van der Waals surface area contributed by atoms with Crippen LogP contribution in [0, 0.1) is 5.92 Å². The van der Waals surface area contributed by atoms with Crippen molar-refractivity contribution in [2.24, 2.45) is 5.92 Å². The van der Waals surface area contributed by atoms with E-state index in [-0.39, 0.29) is 23.8 Å². The minimum Gasteiger partial charge on any atom is -0.493 e. The van der Waals surface area contributed by atoms with Gasteiger partial charge < -0.3 is 19.7 Å². The highest BCUT2D eigenvalue weighted by atomic mass is 16.5. The van der Waals surface area contributed by atoms with Crippen LogP contribution in [-0.2, 0) is 14.3 Å². The van der Waals surface area contributed by atoms with E-state index in [0.717, 1.165) is 5.56 Å². The number of esters is 1. The van der Waals surface area contributed by atoms with Gasteiger partial charge in [-0.2, -0.15) is 0 Å². The van der Waals surface area contributed by atoms with Gasteiger partial charge in [0.05, 0.1) is 25.3 Å². The zero-order valence-corrected chi connectivity index (χ0v) is 15.4. The third-order valence-electron chi connectivity index (χ3n) is 5.14. The molecule has 27 heavy (non-hydrogen) atoms. The topological polar surface area (TPSA) is 84.9 Å². The lowest BCUT2D eigenvalue weighted by Gasteiger charge is -2.33. The van der Waals surface area contributed by atoms with Gasteiger partial charge in [-0.05, 0) is 37.1 Å². The Bertz CT molecular complexity index is 753. The van der Waals surface area contributed by atoms with Crippen LogP contribution in [0.4, 0.5) is 0 Å². The maximum atomic E-state index is 12.7. The molecular formula is C20H24N2O5. The second kappa shape index (κ2) is 8.24. The highest BCUT2D eigenvalue weighted by molar-refractivity contribution is 5.90. The molecule has 1 saturated heterocycles. The Balaban J connectivity index is 1.67. The lowest BCUT2D eigenvalue weighted by Crippen LogP contribution is -2.43. The molecule has 0 spiro atoms. The Morgan fingerprint density at radius 1 is 1.26 bits per heavy atom. The number of fused-ring (bicyclic) bond motifs is 1. The molecule has 1 aromatic carbocycles. The molecule has 0 bridgehead atoms. The van der Waals surface area contributed by atoms with Crippen LogP contribution >= 0.6 is 0 Å². The number of piperidine rings is 1. The van der Waals surface area contributed by atoms with Crippen LogP contribution in [0.25, 0.3) is 0 Å². The number of carbonyl (C=O) groups is 3. The zero-order chi connectivity index (χ0) is 19.4. The molecule has 1 aromatic rings. The van der Waals surface area contributed by atoms with Gasteiger partial charge in [0.25, 0.3) is 0 Å². The van der Waals surface area contributed by atoms with Crippen LogP contribution in [0.3, 0.4) is 0 Å². The smallest absolute Gasteiger partial charge is 0.337 e. The summed E-state index contributed by atoms with van der Waals surface area (Å²) in [6, 6.07) is 4.90. The number of nitrogens with zero attached hydrogens (tertiary/aromatic N) is 1. The van der Waals surface area contributed by atoms with Crippen molar-refractivity contribution >= 4 is 17.8 Å². The first-order valence-corrected chi connectivity index (χ1v) is 9.10. The molecule has 0 aliphatic carbocycles. The van der Waals surface area contributed by atoms with Crippen molar-refractivity contribution in [3.8, 4) is 5.75 Å². The lowest BCUT2D eigenvalue weighted by atomic mass is 9.93. The number of ether oxygens (including phenoxy) is 2. The van der Waals surface area contributed by atoms with Crippen molar-refractivity contribution in [3.05, 3.63) is 42.0 Å². The summed E-state index contributed by atoms with van der Waals surface area (Å²) in [4.78, 5) is 37.9. The summed E-state index contributed by atoms with van der Waals surface area (Å²) in [5.41, 5.74) is 1.22. The largest absolute Gasteiger partial charge is 0.493 e. The highest BCUT2D eigenvalue weighted by Gasteiger charge is 2.30. The SMILES string of the molecule is C=CC(=O)N1CCC(C(=O)NC2CCOc3ccc(C(=O)OC)cc32)CC1. The summed E-state index contributed by atoms with van der Waals surface area (Å²) in [5.74, 6) is -0.00293. The fourth-order valence-corrected chi connectivity index (χ4v) is 3.57. The highest BCUT2D eigenvalue weighted by Crippen LogP contribution is 2.33. The van der Waals surface area contributed by atoms with Crippen molar-refractivity contribution in [2.45, 2.75) is 25.3 Å². The second-order valence-corrected chi connectivity index (χ2v) is 6.75. The van der Waals surface area contributed by atoms with Crippen LogP contribution < -0.4 is 10.1 Å². The van der Waals surface area contributed by atoms with Crippen molar-refractivity contribution < 1.29 is 23.9 Å². The van der Waals surface area contributed by atoms with E-state index in [0.29, 0.717) is 50.3 Å². The Labute approximate surface area is 158 Å². The molecule has 0 saturated carbocycles. The summed E-state index contributed by atoms with van der Waals surface area (Å²) in [5, 5.41) is 3.09. The number of methoxy groups -OCH3 is 1. The normalized spacial score (nSPS) is 19.4. The van der Waals surface area contributed by atoms with E-state index < -0.39 is 5.97 Å². The third-order valence-corrected chi connectivity index (χ3v) is 5.14. The molecule has 2 aliphatic rings. The van der Waals surface area contributed by atoms with Crippen LogP contribution in [0.15, 0.2) is 30.9 Å². The van der Waals surface area contributed by atoms with Crippen LogP contribution in [-0.4, -0.2) is 49.5 Å². The molecule has 7 heteroatoms. The number of carbonyl (C=O) groups excluding carboxylic acids is 3. The maximum Gasteiger partial charge on any atom is 0.337 e. The average molecular weight is 372 g/mol. The number of nitrogens with one attached hydrogen (secondary N) is 1. The van der Waals surface area contributed by atoms with Gasteiger partial charge in [-0.3, -0.25) is 9.59 Å². The molecule has 2 amide bonds. The monoisotopic (exact) mass is 372 g/mol. The van der Waals surface area contributed by atoms with Gasteiger partial charge >= 0.3 is 5.97 Å². The van der Waals surface area contributed by atoms with Gasteiger partial charge in [-0.15, -0.1) is 0 Å². The zero-order valence-electron chi connectivity index (χ0n) is 15.4. The van der Waals surface area contributed by atoms with E-state index in [1.54, 1.807) is 23.1 Å². The molecule has 3 rings (SSSR count). The molecule has 144 valence electrons. The van der Waals surface area contributed by atoms with E-state index in [9.17, 15) is 14.4 Å². The molecule has 1 atom stereocenters. The minimum absolute atomic E-state index is 0.0259. The first-order chi connectivity index (χ1) is 13.0. The average Bonchev–Trinajstić information content (AvgIpc) is 2.72. The summed E-state index contributed by atoms with van der Waals surface area (Å²) >= 11 is 0. The summed E-state index contributed by atoms with van der Waals surface area (Å²) in [6.07, 6.45) is 3.20. The molecule has 2 aliphatic heterocycles. The predicted molar refractivity (Wildman–Crippen MR) is 98.3 cm³/mol. The van der Waals surface area contributed by atoms with Crippen molar-refractivity contribution in [1.29, 1.82) is 0 Å². The molecule has 0 aromatic heterocycles. The molecule has 1 unspecified atom stereocenters. The maximum absolute atomic E-state index is 12.7. The van der Waals surface area contributed by atoms with Crippen LogP contribution in [0.1, 0.15) is 41.2 Å². The Hall–Kier alpha value is -2.83. The van der Waals surface area contributed by atoms with E-state index in [1.165, 1.54) is 13.2 Å². The Morgan fingerprint density at radius 3 is 2.67 bits per heavy atom. The Kier molecular flexibility index (Phi) is 5.78. The number of likely N-dealkylation sites (tertiary alicyclic amines) is 1. The predicted octanol–water partition coefficient (Wildman–Crippen LogP) is 1.84. The van der Waals surface area contributed by atoms with E-state index >= 15 is 0 Å². The first-order valence-electron chi connectivity index (χ1n) is 9.10. The van der Waals surface area contributed by atoms with Gasteiger partial charge in [0.2, 0.25) is 11.8 Å². The first kappa shape index (κ1) is 18.9. The van der Waals surface area contributed by atoms with Gasteiger partial charge in [-0.25, -0.2) is 4.79 Å². The molecule has 1 N–H and O–H groups in total. The van der Waals surface area contributed by atoms with Crippen molar-refractivity contribution in [3.63, 3.8) is 0 Å². The fourth-order valence-electron chi connectivity index (χ4n) is 3.57. The molecule has 1 fully saturated rings. The third kappa shape index (κ3) is 4.13. The Morgan fingerprint density at radius 2 is 2.00 bits per heavy atom. The fraction of sp³-hybridized carbons (Fsp3) is 0.450. The second-order valence-electron chi connectivity index (χ2n) is 6.75. The van der Waals surface area contributed by atoms with Gasteiger partial charge in [-0.1, -0.05) is 6.58 Å². The molecule has 0 radical (unpaired) electrons. The number of benzene rings is 1. The van der Waals surface area contributed by atoms with E-state index in [4.69, 9.17) is 9.47 Å². The number of hydrogen-bond donors (Lipinski definition) is 1. The van der Waals surface area contributed by atoms with E-state index in [1.807, 2.05) is 0 Å². The number of hydrogen-bond acceptors (Lipinski definition) is 5. The van der Waals surface area contributed by atoms with Crippen molar-refractivity contribution in [1.82, 2.24) is 10.2 Å². The molecular weight excluding hydrogens is 348 g/mol. The minimum atomic E-state index is -0.423.